The number of benzene rings is 2. The normalized spacial score (nSPS) is 18.2. The Morgan fingerprint density at radius 3 is 2.71 bits per heavy atom. The van der Waals surface area contributed by atoms with Crippen LogP contribution in [0.15, 0.2) is 42.5 Å². The summed E-state index contributed by atoms with van der Waals surface area (Å²) in [4.78, 5) is 19.8. The van der Waals surface area contributed by atoms with Gasteiger partial charge in [0.15, 0.2) is 0 Å². The monoisotopic (exact) mass is 430 g/mol. The van der Waals surface area contributed by atoms with Crippen LogP contribution in [-0.2, 0) is 6.18 Å². The number of carbonyl (C=O) groups excluding carboxylic acids is 1. The first-order chi connectivity index (χ1) is 14.7. The first-order valence-electron chi connectivity index (χ1n) is 10.4. The molecule has 1 unspecified atom stereocenters. The smallest absolute Gasteiger partial charge is 0.307 e. The van der Waals surface area contributed by atoms with E-state index in [4.69, 9.17) is 0 Å². The van der Waals surface area contributed by atoms with Crippen molar-refractivity contribution in [3.63, 3.8) is 0 Å². The number of likely N-dealkylation sites (tertiary alicyclic amines) is 1. The quantitative estimate of drug-likeness (QED) is 0.616. The van der Waals surface area contributed by atoms with Gasteiger partial charge in [0.2, 0.25) is 5.95 Å². The van der Waals surface area contributed by atoms with E-state index in [1.54, 1.807) is 0 Å². The Labute approximate surface area is 178 Å². The fourth-order valence-electron chi connectivity index (χ4n) is 4.16. The number of nitrogens with zero attached hydrogens (tertiary/aromatic N) is 3. The molecular formula is C23H25F3N4O. The number of aryl methyl sites for hydroxylation is 1. The number of fused-ring (bicyclic) bond motifs is 1. The largest absolute Gasteiger partial charge is 0.416 e. The van der Waals surface area contributed by atoms with Gasteiger partial charge in [-0.2, -0.15) is 13.2 Å². The minimum atomic E-state index is -4.51. The number of rotatable bonds is 3. The molecule has 1 atom stereocenters. The van der Waals surface area contributed by atoms with E-state index in [0.717, 1.165) is 61.1 Å². The molecule has 1 aliphatic rings. The van der Waals surface area contributed by atoms with Gasteiger partial charge in [-0.05, 0) is 82.2 Å². The van der Waals surface area contributed by atoms with Gasteiger partial charge in [-0.3, -0.25) is 10.1 Å². The third kappa shape index (κ3) is 4.58. The highest BCUT2D eigenvalue weighted by Crippen LogP contribution is 2.32. The van der Waals surface area contributed by atoms with Crippen LogP contribution in [-0.4, -0.2) is 40.5 Å². The van der Waals surface area contributed by atoms with Crippen molar-refractivity contribution >= 4 is 22.9 Å². The maximum atomic E-state index is 13.1. The summed E-state index contributed by atoms with van der Waals surface area (Å²) >= 11 is 0. The van der Waals surface area contributed by atoms with Crippen molar-refractivity contribution in [2.24, 2.45) is 0 Å². The second-order valence-corrected chi connectivity index (χ2v) is 8.22. The third-order valence-electron chi connectivity index (χ3n) is 5.81. The highest BCUT2D eigenvalue weighted by Gasteiger charge is 2.31. The summed E-state index contributed by atoms with van der Waals surface area (Å²) in [5.74, 6) is -0.234. The Morgan fingerprint density at radius 1 is 1.13 bits per heavy atom. The number of alkyl halides is 3. The zero-order valence-corrected chi connectivity index (χ0v) is 17.5. The average Bonchev–Trinajstić information content (AvgIpc) is 2.91. The van der Waals surface area contributed by atoms with E-state index in [-0.39, 0.29) is 11.6 Å². The molecule has 0 spiro atoms. The van der Waals surface area contributed by atoms with Crippen molar-refractivity contribution in [1.29, 1.82) is 0 Å². The van der Waals surface area contributed by atoms with Gasteiger partial charge in [0.1, 0.15) is 0 Å². The molecule has 1 N–H and O–H groups in total. The molecule has 0 aliphatic carbocycles. The highest BCUT2D eigenvalue weighted by molar-refractivity contribution is 6.04. The molecule has 3 aromatic rings. The van der Waals surface area contributed by atoms with Gasteiger partial charge in [-0.15, -0.1) is 0 Å². The highest BCUT2D eigenvalue weighted by atomic mass is 19.4. The van der Waals surface area contributed by atoms with Crippen LogP contribution in [0.1, 0.15) is 46.8 Å². The third-order valence-corrected chi connectivity index (χ3v) is 5.81. The molecular weight excluding hydrogens is 405 g/mol. The zero-order chi connectivity index (χ0) is 22.2. The molecule has 1 aromatic heterocycles. The van der Waals surface area contributed by atoms with E-state index in [9.17, 15) is 18.0 Å². The summed E-state index contributed by atoms with van der Waals surface area (Å²) in [6.45, 7) is 3.91. The molecule has 0 saturated carbocycles. The van der Waals surface area contributed by atoms with Crippen molar-refractivity contribution in [2.75, 3.05) is 25.5 Å². The van der Waals surface area contributed by atoms with Crippen molar-refractivity contribution in [2.45, 2.75) is 38.4 Å². The lowest BCUT2D eigenvalue weighted by Crippen LogP contribution is -2.21. The Hall–Kier alpha value is -2.87. The van der Waals surface area contributed by atoms with E-state index >= 15 is 0 Å². The van der Waals surface area contributed by atoms with Gasteiger partial charge in [-0.25, -0.2) is 4.98 Å². The van der Waals surface area contributed by atoms with Crippen molar-refractivity contribution in [3.05, 3.63) is 59.2 Å². The fourth-order valence-corrected chi connectivity index (χ4v) is 4.16. The van der Waals surface area contributed by atoms with Crippen LogP contribution in [0, 0.1) is 6.92 Å². The number of carbonyl (C=O) groups is 1. The van der Waals surface area contributed by atoms with Crippen LogP contribution in [0.3, 0.4) is 0 Å². The molecule has 2 aromatic carbocycles. The van der Waals surface area contributed by atoms with E-state index in [1.807, 2.05) is 29.7 Å². The Bertz CT molecular complexity index is 1110. The summed E-state index contributed by atoms with van der Waals surface area (Å²) in [5.41, 5.74) is 1.83. The first-order valence-corrected chi connectivity index (χ1v) is 10.4. The van der Waals surface area contributed by atoms with E-state index < -0.39 is 17.6 Å². The molecule has 0 radical (unpaired) electrons. The number of halogens is 3. The molecule has 1 amide bonds. The Kier molecular flexibility index (Phi) is 5.75. The Morgan fingerprint density at radius 2 is 1.94 bits per heavy atom. The summed E-state index contributed by atoms with van der Waals surface area (Å²) < 4.78 is 41.2. The summed E-state index contributed by atoms with van der Waals surface area (Å²) in [6, 6.07) is 10.5. The van der Waals surface area contributed by atoms with E-state index in [2.05, 4.69) is 22.2 Å². The van der Waals surface area contributed by atoms with Gasteiger partial charge in [0, 0.05) is 11.6 Å². The van der Waals surface area contributed by atoms with Gasteiger partial charge >= 0.3 is 6.18 Å². The van der Waals surface area contributed by atoms with E-state index in [1.165, 1.54) is 12.1 Å². The molecule has 1 fully saturated rings. The van der Waals surface area contributed by atoms with Crippen LogP contribution in [0.5, 0.6) is 0 Å². The molecule has 1 saturated heterocycles. The fraction of sp³-hybridized carbons (Fsp3) is 0.391. The Balaban J connectivity index is 1.71. The topological polar surface area (TPSA) is 50.2 Å². The van der Waals surface area contributed by atoms with Crippen LogP contribution in [0.2, 0.25) is 0 Å². The van der Waals surface area contributed by atoms with Crippen LogP contribution < -0.4 is 5.32 Å². The summed E-state index contributed by atoms with van der Waals surface area (Å²) in [7, 11) is 2.09. The standard InChI is InChI=1S/C23H25F3N4O/c1-15-8-9-20-19(13-15)27-22(30(20)18-7-4-11-29(2)12-10-18)28-21(31)16-5-3-6-17(14-16)23(24,25)26/h3,5-6,8-9,13-14,18H,4,7,10-12H2,1-2H3,(H,27,28,31). The minimum Gasteiger partial charge on any atom is -0.307 e. The van der Waals surface area contributed by atoms with Crippen molar-refractivity contribution < 1.29 is 18.0 Å². The molecule has 5 nitrogen and oxygen atoms in total. The molecule has 8 heteroatoms. The molecule has 164 valence electrons. The number of nitrogens with one attached hydrogen (secondary N) is 1. The first kappa shape index (κ1) is 21.4. The van der Waals surface area contributed by atoms with Gasteiger partial charge < -0.3 is 9.47 Å². The number of aromatic nitrogens is 2. The number of amides is 1. The van der Waals surface area contributed by atoms with Crippen molar-refractivity contribution in [1.82, 2.24) is 14.5 Å². The lowest BCUT2D eigenvalue weighted by molar-refractivity contribution is -0.137. The van der Waals surface area contributed by atoms with Crippen LogP contribution >= 0.6 is 0 Å². The predicted octanol–water partition coefficient (Wildman–Crippen LogP) is 5.27. The summed E-state index contributed by atoms with van der Waals surface area (Å²) in [6.07, 6.45) is -1.64. The van der Waals surface area contributed by atoms with Gasteiger partial charge in [-0.1, -0.05) is 12.1 Å². The number of anilines is 1. The SMILES string of the molecule is Cc1ccc2c(c1)nc(NC(=O)c1cccc(C(F)(F)F)c1)n2C1CCCN(C)CC1. The van der Waals surface area contributed by atoms with E-state index in [0.29, 0.717) is 5.95 Å². The lowest BCUT2D eigenvalue weighted by Gasteiger charge is -2.20. The maximum Gasteiger partial charge on any atom is 0.416 e. The lowest BCUT2D eigenvalue weighted by atomic mass is 10.1. The summed E-state index contributed by atoms with van der Waals surface area (Å²) in [5, 5.41) is 2.78. The molecule has 0 bridgehead atoms. The number of hydrogen-bond acceptors (Lipinski definition) is 3. The molecule has 4 rings (SSSR count). The second kappa shape index (κ2) is 8.34. The predicted molar refractivity (Wildman–Crippen MR) is 114 cm³/mol. The maximum absolute atomic E-state index is 13.1. The molecule has 2 heterocycles. The zero-order valence-electron chi connectivity index (χ0n) is 17.5. The van der Waals surface area contributed by atoms with Crippen LogP contribution in [0.4, 0.5) is 19.1 Å². The minimum absolute atomic E-state index is 0.0507. The van der Waals surface area contributed by atoms with Crippen LogP contribution in [0.25, 0.3) is 11.0 Å². The average molecular weight is 430 g/mol. The number of imidazole rings is 1. The van der Waals surface area contributed by atoms with Crippen molar-refractivity contribution in [3.8, 4) is 0 Å². The number of hydrogen-bond donors (Lipinski definition) is 1. The van der Waals surface area contributed by atoms with Gasteiger partial charge in [0.05, 0.1) is 16.6 Å². The molecule has 1 aliphatic heterocycles. The van der Waals surface area contributed by atoms with Gasteiger partial charge in [0.25, 0.3) is 5.91 Å². The molecule has 31 heavy (non-hydrogen) atoms. The second-order valence-electron chi connectivity index (χ2n) is 8.22.